The molecule has 0 spiro atoms. The number of aromatic hydroxyl groups is 1. The zero-order chi connectivity index (χ0) is 23.5. The molecular weight excluding hydrogens is 421 g/mol. The first kappa shape index (κ1) is 24.0. The number of hydrogen-bond acceptors (Lipinski definition) is 5. The van der Waals surface area contributed by atoms with Gasteiger partial charge < -0.3 is 15.3 Å². The van der Waals surface area contributed by atoms with Crippen LogP contribution in [0.2, 0.25) is 0 Å². The SMILES string of the molecule is Cc1ncc([C@H](CC(=O)NC[C@H](Cc2ccc(O)cc2)N(C)C)C2(C(F)(F)F)CC2)cn1. The zero-order valence-corrected chi connectivity index (χ0v) is 18.5. The number of nitrogens with zero attached hydrogens (tertiary/aromatic N) is 3. The molecule has 0 aliphatic heterocycles. The number of likely N-dealkylation sites (N-methyl/N-ethyl adjacent to an activating group) is 1. The Hall–Kier alpha value is -2.68. The van der Waals surface area contributed by atoms with Crippen LogP contribution in [0.3, 0.4) is 0 Å². The van der Waals surface area contributed by atoms with E-state index in [0.29, 0.717) is 24.4 Å². The van der Waals surface area contributed by atoms with Gasteiger partial charge >= 0.3 is 6.18 Å². The highest BCUT2D eigenvalue weighted by Crippen LogP contribution is 2.66. The number of amides is 1. The molecule has 2 N–H and O–H groups in total. The van der Waals surface area contributed by atoms with Gasteiger partial charge in [0.05, 0.1) is 5.41 Å². The van der Waals surface area contributed by atoms with Crippen molar-refractivity contribution < 1.29 is 23.1 Å². The minimum Gasteiger partial charge on any atom is -0.508 e. The average molecular weight is 451 g/mol. The van der Waals surface area contributed by atoms with Crippen molar-refractivity contribution in [1.29, 1.82) is 0 Å². The van der Waals surface area contributed by atoms with E-state index in [-0.39, 0.29) is 31.1 Å². The number of alkyl halides is 3. The normalized spacial score (nSPS) is 17.1. The number of benzene rings is 1. The van der Waals surface area contributed by atoms with Gasteiger partial charge in [0, 0.05) is 37.3 Å². The first-order chi connectivity index (χ1) is 15.0. The zero-order valence-electron chi connectivity index (χ0n) is 18.5. The topological polar surface area (TPSA) is 78.3 Å². The van der Waals surface area contributed by atoms with Crippen molar-refractivity contribution >= 4 is 5.91 Å². The lowest BCUT2D eigenvalue weighted by Gasteiger charge is -2.29. The number of aromatic nitrogens is 2. The van der Waals surface area contributed by atoms with Crippen LogP contribution in [0.25, 0.3) is 0 Å². The van der Waals surface area contributed by atoms with E-state index >= 15 is 0 Å². The van der Waals surface area contributed by atoms with Gasteiger partial charge in [-0.3, -0.25) is 4.79 Å². The minimum atomic E-state index is -4.39. The molecule has 1 heterocycles. The maximum absolute atomic E-state index is 13.9. The van der Waals surface area contributed by atoms with Crippen molar-refractivity contribution in [1.82, 2.24) is 20.2 Å². The van der Waals surface area contributed by atoms with E-state index in [1.807, 2.05) is 19.0 Å². The summed E-state index contributed by atoms with van der Waals surface area (Å²) in [6, 6.07) is 6.76. The molecule has 174 valence electrons. The van der Waals surface area contributed by atoms with Crippen molar-refractivity contribution in [3.63, 3.8) is 0 Å². The molecule has 1 aliphatic carbocycles. The number of carbonyl (C=O) groups excluding carboxylic acids is 1. The molecule has 32 heavy (non-hydrogen) atoms. The van der Waals surface area contributed by atoms with E-state index in [0.717, 1.165) is 5.56 Å². The summed E-state index contributed by atoms with van der Waals surface area (Å²) in [6.45, 7) is 1.96. The number of nitrogens with one attached hydrogen (secondary N) is 1. The molecule has 0 saturated heterocycles. The third-order valence-corrected chi connectivity index (χ3v) is 6.29. The predicted molar refractivity (Wildman–Crippen MR) is 114 cm³/mol. The Labute approximate surface area is 185 Å². The van der Waals surface area contributed by atoms with Crippen molar-refractivity contribution in [2.75, 3.05) is 20.6 Å². The van der Waals surface area contributed by atoms with Crippen LogP contribution < -0.4 is 5.32 Å². The van der Waals surface area contributed by atoms with Crippen LogP contribution in [0.1, 0.15) is 42.1 Å². The largest absolute Gasteiger partial charge is 0.508 e. The second-order valence-corrected chi connectivity index (χ2v) is 8.77. The summed E-state index contributed by atoms with van der Waals surface area (Å²) in [4.78, 5) is 22.8. The highest BCUT2D eigenvalue weighted by Gasteiger charge is 2.67. The Morgan fingerprint density at radius 3 is 2.28 bits per heavy atom. The number of carbonyl (C=O) groups is 1. The van der Waals surface area contributed by atoms with Gasteiger partial charge in [0.15, 0.2) is 0 Å². The minimum absolute atomic E-state index is 0.00347. The number of phenolic OH excluding ortho intramolecular Hbond substituents is 1. The van der Waals surface area contributed by atoms with E-state index in [4.69, 9.17) is 0 Å². The van der Waals surface area contributed by atoms with Crippen LogP contribution in [0, 0.1) is 12.3 Å². The highest BCUT2D eigenvalue weighted by atomic mass is 19.4. The Morgan fingerprint density at radius 1 is 1.19 bits per heavy atom. The Morgan fingerprint density at radius 2 is 1.78 bits per heavy atom. The van der Waals surface area contributed by atoms with E-state index in [2.05, 4.69) is 15.3 Å². The molecule has 1 fully saturated rings. The molecule has 1 amide bonds. The van der Waals surface area contributed by atoms with Crippen LogP contribution >= 0.6 is 0 Å². The van der Waals surface area contributed by atoms with Crippen LogP contribution in [-0.4, -0.2) is 58.7 Å². The predicted octanol–water partition coefficient (Wildman–Crippen LogP) is 3.60. The Kier molecular flexibility index (Phi) is 7.07. The monoisotopic (exact) mass is 450 g/mol. The van der Waals surface area contributed by atoms with Gasteiger partial charge in [0.2, 0.25) is 5.91 Å². The van der Waals surface area contributed by atoms with E-state index in [1.54, 1.807) is 31.2 Å². The third-order valence-electron chi connectivity index (χ3n) is 6.29. The molecule has 9 heteroatoms. The second-order valence-electron chi connectivity index (χ2n) is 8.77. The smallest absolute Gasteiger partial charge is 0.395 e. The quantitative estimate of drug-likeness (QED) is 0.611. The summed E-state index contributed by atoms with van der Waals surface area (Å²) in [7, 11) is 3.76. The summed E-state index contributed by atoms with van der Waals surface area (Å²) in [6.07, 6.45) is -1.24. The average Bonchev–Trinajstić information content (AvgIpc) is 3.53. The standard InChI is InChI=1S/C23H29F3N4O2/c1-15-27-12-17(13-28-15)20(22(8-9-22)23(24,25)26)11-21(32)29-14-18(30(2)3)10-16-4-6-19(31)7-5-16/h4-7,12-13,18,20,31H,8-11,14H2,1-3H3,(H,29,32)/t18-,20-/m0/s1. The first-order valence-corrected chi connectivity index (χ1v) is 10.6. The van der Waals surface area contributed by atoms with Crippen LogP contribution in [-0.2, 0) is 11.2 Å². The first-order valence-electron chi connectivity index (χ1n) is 10.6. The van der Waals surface area contributed by atoms with Gasteiger partial charge in [0.1, 0.15) is 11.6 Å². The van der Waals surface area contributed by atoms with Crippen molar-refractivity contribution in [2.45, 2.75) is 50.7 Å². The van der Waals surface area contributed by atoms with Crippen molar-refractivity contribution in [3.8, 4) is 5.75 Å². The van der Waals surface area contributed by atoms with Gasteiger partial charge in [-0.05, 0) is 63.5 Å². The molecule has 0 unspecified atom stereocenters. The fourth-order valence-electron chi connectivity index (χ4n) is 4.01. The molecule has 2 aromatic rings. The van der Waals surface area contributed by atoms with Gasteiger partial charge in [0.25, 0.3) is 0 Å². The molecule has 0 radical (unpaired) electrons. The lowest BCUT2D eigenvalue weighted by atomic mass is 9.81. The van der Waals surface area contributed by atoms with E-state index < -0.39 is 23.4 Å². The molecule has 1 saturated carbocycles. The van der Waals surface area contributed by atoms with Crippen LogP contribution in [0.15, 0.2) is 36.7 Å². The summed E-state index contributed by atoms with van der Waals surface area (Å²) in [5, 5.41) is 12.3. The molecule has 1 aromatic carbocycles. The molecule has 1 aliphatic rings. The number of aryl methyl sites for hydroxylation is 1. The van der Waals surface area contributed by atoms with Gasteiger partial charge in [-0.1, -0.05) is 12.1 Å². The number of halogens is 3. The van der Waals surface area contributed by atoms with Gasteiger partial charge in [-0.2, -0.15) is 13.2 Å². The lowest BCUT2D eigenvalue weighted by Crippen LogP contribution is -2.42. The van der Waals surface area contributed by atoms with E-state index in [1.165, 1.54) is 12.4 Å². The summed E-state index contributed by atoms with van der Waals surface area (Å²) in [5.41, 5.74) is -0.566. The molecular formula is C23H29F3N4O2. The van der Waals surface area contributed by atoms with Gasteiger partial charge in [-0.25, -0.2) is 9.97 Å². The molecule has 6 nitrogen and oxygen atoms in total. The molecule has 3 rings (SSSR count). The summed E-state index contributed by atoms with van der Waals surface area (Å²) >= 11 is 0. The van der Waals surface area contributed by atoms with Crippen molar-refractivity contribution in [2.24, 2.45) is 5.41 Å². The number of rotatable bonds is 9. The van der Waals surface area contributed by atoms with E-state index in [9.17, 15) is 23.1 Å². The highest BCUT2D eigenvalue weighted by molar-refractivity contribution is 5.77. The molecule has 1 aromatic heterocycles. The molecule has 0 bridgehead atoms. The fraction of sp³-hybridized carbons (Fsp3) is 0.522. The van der Waals surface area contributed by atoms with Crippen LogP contribution in [0.4, 0.5) is 13.2 Å². The van der Waals surface area contributed by atoms with Crippen LogP contribution in [0.5, 0.6) is 5.75 Å². The maximum atomic E-state index is 13.9. The van der Waals surface area contributed by atoms with Crippen molar-refractivity contribution in [3.05, 3.63) is 53.6 Å². The Balaban J connectivity index is 1.69. The summed E-state index contributed by atoms with van der Waals surface area (Å²) in [5.74, 6) is -0.799. The fourth-order valence-corrected chi connectivity index (χ4v) is 4.01. The number of hydrogen-bond donors (Lipinski definition) is 2. The third kappa shape index (κ3) is 5.56. The Bertz CT molecular complexity index is 910. The number of phenols is 1. The molecule has 2 atom stereocenters. The summed E-state index contributed by atoms with van der Waals surface area (Å²) < 4.78 is 41.6. The maximum Gasteiger partial charge on any atom is 0.395 e. The second kappa shape index (κ2) is 9.44. The lowest BCUT2D eigenvalue weighted by molar-refractivity contribution is -0.194. The van der Waals surface area contributed by atoms with Gasteiger partial charge in [-0.15, -0.1) is 0 Å².